The van der Waals surface area contributed by atoms with Crippen LogP contribution >= 0.6 is 0 Å². The Labute approximate surface area is 149 Å². The summed E-state index contributed by atoms with van der Waals surface area (Å²) in [7, 11) is 1.11. The summed E-state index contributed by atoms with van der Waals surface area (Å²) in [5, 5.41) is 63.0. The summed E-state index contributed by atoms with van der Waals surface area (Å²) in [5.74, 6) is -3.82. The summed E-state index contributed by atoms with van der Waals surface area (Å²) in [6.07, 6.45) is -6.34. The number of nitrogens with zero attached hydrogens (tertiary/aromatic N) is 1. The Balaban J connectivity index is 2.67. The highest BCUT2D eigenvalue weighted by atomic mass is 17.3. The molecule has 12 heteroatoms. The molecule has 2 bridgehead atoms. The van der Waals surface area contributed by atoms with Crippen LogP contribution in [0.4, 0.5) is 0 Å². The Morgan fingerprint density at radius 2 is 2.00 bits per heavy atom. The Bertz CT molecular complexity index is 560. The molecule has 9 atom stereocenters. The summed E-state index contributed by atoms with van der Waals surface area (Å²) in [6.45, 7) is 1.74. The van der Waals surface area contributed by atoms with Gasteiger partial charge in [-0.25, -0.2) is 4.89 Å². The highest BCUT2D eigenvalue weighted by Crippen LogP contribution is 2.51. The number of ether oxygens (including phenoxy) is 2. The topological polar surface area (TPSA) is 200 Å². The number of aliphatic hydroxyl groups is 5. The number of nitriles is 1. The Morgan fingerprint density at radius 3 is 2.46 bits per heavy atom. The van der Waals surface area contributed by atoms with Gasteiger partial charge in [0, 0.05) is 0 Å². The van der Waals surface area contributed by atoms with E-state index >= 15 is 0 Å². The quantitative estimate of drug-likeness (QED) is 0.0781. The first-order valence-electron chi connectivity index (χ1n) is 7.93. The molecule has 2 aliphatic rings. The Hall–Kier alpha value is -1.11. The van der Waals surface area contributed by atoms with Crippen LogP contribution in [-0.4, -0.2) is 87.0 Å². The van der Waals surface area contributed by atoms with Crippen LogP contribution in [0.2, 0.25) is 0 Å². The van der Waals surface area contributed by atoms with Crippen LogP contribution in [0.25, 0.3) is 0 Å². The Kier molecular flexibility index (Phi) is 5.81. The maximum absolute atomic E-state index is 10.9. The minimum Gasteiger partial charge on any atom is -0.393 e. The maximum atomic E-state index is 10.9. The number of fused-ring (bicyclic) bond motifs is 2. The molecule has 26 heavy (non-hydrogen) atoms. The molecule has 0 aromatic carbocycles. The third-order valence-electron chi connectivity index (χ3n) is 5.27. The molecule has 0 radical (unpaired) electrons. The number of hydrogen-bond acceptors (Lipinski definition) is 12. The monoisotopic (exact) mass is 379 g/mol. The maximum Gasteiger partial charge on any atom is 0.341 e. The van der Waals surface area contributed by atoms with Crippen LogP contribution in [0, 0.1) is 17.4 Å². The average Bonchev–Trinajstić information content (AvgIpc) is 2.57. The number of aliphatic hydroxyl groups excluding tert-OH is 4. The van der Waals surface area contributed by atoms with E-state index in [0.29, 0.717) is 0 Å². The molecule has 12 nitrogen and oxygen atoms in total. The molecule has 0 aromatic rings. The third kappa shape index (κ3) is 2.77. The van der Waals surface area contributed by atoms with Crippen LogP contribution in [0.1, 0.15) is 13.8 Å². The molecule has 2 saturated heterocycles. The van der Waals surface area contributed by atoms with Crippen molar-refractivity contribution in [1.82, 2.24) is 5.32 Å². The van der Waals surface area contributed by atoms with E-state index in [-0.39, 0.29) is 0 Å². The Morgan fingerprint density at radius 1 is 1.38 bits per heavy atom. The zero-order valence-electron chi connectivity index (χ0n) is 14.6. The molecule has 2 fully saturated rings. The lowest BCUT2D eigenvalue weighted by molar-refractivity contribution is -0.583. The van der Waals surface area contributed by atoms with E-state index in [1.807, 2.05) is 5.32 Å². The molecule has 150 valence electrons. The van der Waals surface area contributed by atoms with Crippen molar-refractivity contribution in [2.45, 2.75) is 61.6 Å². The number of nitrogens with one attached hydrogen (secondary N) is 1. The molecule has 0 spiro atoms. The van der Waals surface area contributed by atoms with Gasteiger partial charge in [0.05, 0.1) is 37.4 Å². The van der Waals surface area contributed by atoms with E-state index in [4.69, 9.17) is 25.4 Å². The fourth-order valence-corrected chi connectivity index (χ4v) is 3.67. The molecule has 0 aliphatic carbocycles. The predicted octanol–water partition coefficient (Wildman–Crippen LogP) is -3.80. The van der Waals surface area contributed by atoms with Gasteiger partial charge >= 0.3 is 5.97 Å². The van der Waals surface area contributed by atoms with E-state index in [1.165, 1.54) is 20.0 Å². The van der Waals surface area contributed by atoms with Crippen LogP contribution in [-0.2, 0) is 19.2 Å². The van der Waals surface area contributed by atoms with E-state index in [2.05, 4.69) is 4.89 Å². The highest BCUT2D eigenvalue weighted by Gasteiger charge is 2.74. The molecule has 0 aromatic heterocycles. The summed E-state index contributed by atoms with van der Waals surface area (Å²) in [4.78, 5) is 9.52. The first kappa shape index (κ1) is 21.2. The van der Waals surface area contributed by atoms with Gasteiger partial charge in [0.2, 0.25) is 0 Å². The van der Waals surface area contributed by atoms with Crippen LogP contribution < -0.4 is 11.1 Å². The van der Waals surface area contributed by atoms with Crippen molar-refractivity contribution >= 4 is 0 Å². The molecular formula is C14H25N3O9. The first-order valence-corrected chi connectivity index (χ1v) is 7.93. The molecule has 0 amide bonds. The fourth-order valence-electron chi connectivity index (χ4n) is 3.67. The minimum absolute atomic E-state index is 0.871. The largest absolute Gasteiger partial charge is 0.393 e. The number of hydrogen-bond donors (Lipinski definition) is 7. The molecule has 5 unspecified atom stereocenters. The lowest BCUT2D eigenvalue weighted by Crippen LogP contribution is -2.86. The average molecular weight is 379 g/mol. The van der Waals surface area contributed by atoms with Gasteiger partial charge in [0.25, 0.3) is 0 Å². The summed E-state index contributed by atoms with van der Waals surface area (Å²) < 4.78 is 11.0. The lowest BCUT2D eigenvalue weighted by atomic mass is 9.64. The second kappa shape index (κ2) is 7.13. The van der Waals surface area contributed by atoms with Crippen molar-refractivity contribution in [3.05, 3.63) is 0 Å². The second-order valence-corrected chi connectivity index (χ2v) is 6.61. The van der Waals surface area contributed by atoms with Gasteiger partial charge in [-0.1, -0.05) is 0 Å². The number of rotatable bonds is 6. The second-order valence-electron chi connectivity index (χ2n) is 6.61. The van der Waals surface area contributed by atoms with Crippen LogP contribution in [0.5, 0.6) is 0 Å². The SMILES string of the molecule is COOC12OC(C)C(O)(CO)[C@@H](O1)C([C@H](O)NC#N)[C@@](N)(C(C)O)[C@@H]2O. The van der Waals surface area contributed by atoms with E-state index < -0.39 is 60.3 Å². The zero-order chi connectivity index (χ0) is 19.9. The van der Waals surface area contributed by atoms with Gasteiger partial charge in [0.1, 0.15) is 17.9 Å². The lowest BCUT2D eigenvalue weighted by Gasteiger charge is -2.63. The highest BCUT2D eigenvalue weighted by molar-refractivity contribution is 5.18. The van der Waals surface area contributed by atoms with Gasteiger partial charge in [0.15, 0.2) is 12.3 Å². The van der Waals surface area contributed by atoms with Gasteiger partial charge < -0.3 is 40.7 Å². The normalized spacial score (nSPS) is 47.7. The smallest absolute Gasteiger partial charge is 0.341 e. The van der Waals surface area contributed by atoms with E-state index in [1.54, 1.807) is 0 Å². The summed E-state index contributed by atoms with van der Waals surface area (Å²) in [5.41, 5.74) is 2.04. The fraction of sp³-hybridized carbons (Fsp3) is 0.929. The summed E-state index contributed by atoms with van der Waals surface area (Å²) >= 11 is 0. The predicted molar refractivity (Wildman–Crippen MR) is 81.1 cm³/mol. The van der Waals surface area contributed by atoms with Gasteiger partial charge in [-0.05, 0) is 13.8 Å². The van der Waals surface area contributed by atoms with Crippen LogP contribution in [0.15, 0.2) is 0 Å². The van der Waals surface area contributed by atoms with Gasteiger partial charge in [-0.15, -0.1) is 0 Å². The van der Waals surface area contributed by atoms with Crippen LogP contribution in [0.3, 0.4) is 0 Å². The van der Waals surface area contributed by atoms with Crippen molar-refractivity contribution in [3.8, 4) is 6.19 Å². The molecule has 2 heterocycles. The van der Waals surface area contributed by atoms with E-state index in [9.17, 15) is 25.5 Å². The minimum atomic E-state index is -2.35. The molecule has 0 saturated carbocycles. The van der Waals surface area contributed by atoms with Gasteiger partial charge in [-0.2, -0.15) is 10.1 Å². The number of nitrogens with two attached hydrogens (primary N) is 1. The van der Waals surface area contributed by atoms with Crippen molar-refractivity contribution in [1.29, 1.82) is 5.26 Å². The van der Waals surface area contributed by atoms with Crippen molar-refractivity contribution in [3.63, 3.8) is 0 Å². The molecule has 2 aliphatic heterocycles. The van der Waals surface area contributed by atoms with Crippen molar-refractivity contribution in [2.24, 2.45) is 11.7 Å². The molecule has 8 N–H and O–H groups in total. The van der Waals surface area contributed by atoms with Crippen molar-refractivity contribution in [2.75, 3.05) is 13.7 Å². The molecule has 2 rings (SSSR count). The molecular weight excluding hydrogens is 354 g/mol. The van der Waals surface area contributed by atoms with Crippen molar-refractivity contribution < 1.29 is 44.8 Å². The van der Waals surface area contributed by atoms with E-state index in [0.717, 1.165) is 7.11 Å². The third-order valence-corrected chi connectivity index (χ3v) is 5.27. The zero-order valence-corrected chi connectivity index (χ0v) is 14.6. The first-order chi connectivity index (χ1) is 12.0. The summed E-state index contributed by atoms with van der Waals surface area (Å²) in [6, 6.07) is 0. The standard InChI is InChI=1S/C14H25N3O9/c1-6(19)13(16)8(10(20)17-5-15)9-12(22,4-18)7(2)24-14(25-9,11(13)21)26-23-3/h6-11,17-22H,4,16H2,1-3H3/t6?,7?,8?,9-,10-,11-,12?,13-,14?/m0/s1. The van der Waals surface area contributed by atoms with Gasteiger partial charge in [-0.3, -0.25) is 5.32 Å².